The van der Waals surface area contributed by atoms with Crippen molar-refractivity contribution in [2.24, 2.45) is 0 Å². The maximum Gasteiger partial charge on any atom is 0.487 e. The van der Waals surface area contributed by atoms with E-state index in [9.17, 15) is 0 Å². The van der Waals surface area contributed by atoms with Crippen molar-refractivity contribution in [2.75, 3.05) is 0 Å². The molecule has 1 aromatic rings. The maximum atomic E-state index is 5.84. The second kappa shape index (κ2) is 3.79. The molecule has 4 heteroatoms. The van der Waals surface area contributed by atoms with Gasteiger partial charge in [0.25, 0.3) is 0 Å². The molecule has 1 fully saturated rings. The van der Waals surface area contributed by atoms with Crippen LogP contribution in [0, 0.1) is 0 Å². The molecule has 0 spiro atoms. The van der Waals surface area contributed by atoms with Gasteiger partial charge in [-0.05, 0) is 45.9 Å². The summed E-state index contributed by atoms with van der Waals surface area (Å²) in [4.78, 5) is 3.10. The Labute approximate surface area is 97.0 Å². The lowest BCUT2D eigenvalue weighted by Crippen LogP contribution is -2.41. The Morgan fingerprint density at radius 3 is 2.31 bits per heavy atom. The number of rotatable bonds is 2. The van der Waals surface area contributed by atoms with Crippen LogP contribution in [0.5, 0.6) is 0 Å². The van der Waals surface area contributed by atoms with Crippen LogP contribution in [0.4, 0.5) is 0 Å². The van der Waals surface area contributed by atoms with Crippen LogP contribution in [0.25, 0.3) is 6.08 Å². The maximum absolute atomic E-state index is 5.84. The Hall–Kier alpha value is -0.995. The largest absolute Gasteiger partial charge is 0.487 e. The van der Waals surface area contributed by atoms with E-state index >= 15 is 0 Å². The quantitative estimate of drug-likeness (QED) is 0.776. The van der Waals surface area contributed by atoms with Gasteiger partial charge >= 0.3 is 7.12 Å². The van der Waals surface area contributed by atoms with E-state index in [1.165, 1.54) is 0 Å². The van der Waals surface area contributed by atoms with Crippen molar-refractivity contribution < 1.29 is 9.31 Å². The zero-order chi connectivity index (χ0) is 11.8. The fourth-order valence-corrected chi connectivity index (χ4v) is 1.60. The summed E-state index contributed by atoms with van der Waals surface area (Å²) in [5, 5.41) is 0. The van der Waals surface area contributed by atoms with Gasteiger partial charge < -0.3 is 14.3 Å². The molecule has 0 radical (unpaired) electrons. The third kappa shape index (κ3) is 2.08. The van der Waals surface area contributed by atoms with Gasteiger partial charge in [0.1, 0.15) is 0 Å². The van der Waals surface area contributed by atoms with Crippen LogP contribution < -0.4 is 0 Å². The molecule has 1 N–H and O–H groups in total. The van der Waals surface area contributed by atoms with Gasteiger partial charge in [0, 0.05) is 11.9 Å². The Morgan fingerprint density at radius 1 is 1.19 bits per heavy atom. The first-order chi connectivity index (χ1) is 7.41. The van der Waals surface area contributed by atoms with Crippen molar-refractivity contribution in [1.29, 1.82) is 0 Å². The summed E-state index contributed by atoms with van der Waals surface area (Å²) in [6, 6.07) is 3.96. The highest BCUT2D eigenvalue weighted by Crippen LogP contribution is 2.36. The van der Waals surface area contributed by atoms with Crippen molar-refractivity contribution in [3.05, 3.63) is 30.0 Å². The Balaban J connectivity index is 2.05. The summed E-state index contributed by atoms with van der Waals surface area (Å²) in [5.41, 5.74) is 0.518. The molecule has 0 unspecified atom stereocenters. The zero-order valence-corrected chi connectivity index (χ0v) is 10.3. The van der Waals surface area contributed by atoms with E-state index in [-0.39, 0.29) is 18.3 Å². The first-order valence-electron chi connectivity index (χ1n) is 5.58. The van der Waals surface area contributed by atoms with E-state index in [0.717, 1.165) is 5.69 Å². The van der Waals surface area contributed by atoms with Gasteiger partial charge in [-0.3, -0.25) is 0 Å². The monoisotopic (exact) mass is 219 g/mol. The van der Waals surface area contributed by atoms with Crippen molar-refractivity contribution in [2.45, 2.75) is 38.9 Å². The van der Waals surface area contributed by atoms with Crippen molar-refractivity contribution in [3.8, 4) is 0 Å². The van der Waals surface area contributed by atoms with Gasteiger partial charge in [-0.15, -0.1) is 0 Å². The molecule has 1 aromatic heterocycles. The van der Waals surface area contributed by atoms with Crippen LogP contribution in [0.15, 0.2) is 24.3 Å². The molecule has 0 bridgehead atoms. The van der Waals surface area contributed by atoms with Crippen LogP contribution in [0.1, 0.15) is 33.4 Å². The topological polar surface area (TPSA) is 34.2 Å². The normalized spacial score (nSPS) is 23.1. The van der Waals surface area contributed by atoms with Crippen LogP contribution in [-0.4, -0.2) is 23.3 Å². The van der Waals surface area contributed by atoms with Crippen LogP contribution in [0.3, 0.4) is 0 Å². The summed E-state index contributed by atoms with van der Waals surface area (Å²) in [6.07, 6.45) is 3.87. The number of hydrogen-bond acceptors (Lipinski definition) is 2. The fraction of sp³-hybridized carbons (Fsp3) is 0.500. The lowest BCUT2D eigenvalue weighted by Gasteiger charge is -2.32. The molecule has 16 heavy (non-hydrogen) atoms. The van der Waals surface area contributed by atoms with Gasteiger partial charge in [0.2, 0.25) is 0 Å². The molecule has 3 nitrogen and oxygen atoms in total. The highest BCUT2D eigenvalue weighted by molar-refractivity contribution is 6.52. The molecule has 0 saturated carbocycles. The predicted octanol–water partition coefficient (Wildman–Crippen LogP) is 2.66. The molecule has 2 rings (SSSR count). The fourth-order valence-electron chi connectivity index (χ4n) is 1.60. The smallest absolute Gasteiger partial charge is 0.400 e. The predicted molar refractivity (Wildman–Crippen MR) is 65.9 cm³/mol. The molecule has 1 aliphatic rings. The van der Waals surface area contributed by atoms with Crippen molar-refractivity contribution in [1.82, 2.24) is 4.98 Å². The lowest BCUT2D eigenvalue weighted by atomic mass is 9.90. The van der Waals surface area contributed by atoms with E-state index in [2.05, 4.69) is 32.7 Å². The molecule has 1 saturated heterocycles. The first kappa shape index (κ1) is 11.5. The molecular formula is C12H18BNO2. The summed E-state index contributed by atoms with van der Waals surface area (Å²) in [7, 11) is -0.270. The van der Waals surface area contributed by atoms with Crippen molar-refractivity contribution >= 4 is 13.2 Å². The highest BCUT2D eigenvalue weighted by Gasteiger charge is 2.49. The standard InChI is InChI=1S/C12H18BNO2/c1-11(2)12(3,4)16-13(15-11)8-7-10-6-5-9-14-10/h5-9,14H,1-4H3/b8-7+. The molecule has 86 valence electrons. The summed E-state index contributed by atoms with van der Waals surface area (Å²) in [5.74, 6) is 1.93. The lowest BCUT2D eigenvalue weighted by molar-refractivity contribution is 0.00578. The van der Waals surface area contributed by atoms with E-state index in [0.29, 0.717) is 0 Å². The minimum atomic E-state index is -0.270. The number of aromatic amines is 1. The molecule has 0 atom stereocenters. The molecule has 0 aromatic carbocycles. The van der Waals surface area contributed by atoms with Crippen LogP contribution in [0.2, 0.25) is 0 Å². The molecular weight excluding hydrogens is 201 g/mol. The van der Waals surface area contributed by atoms with Gasteiger partial charge in [0.05, 0.1) is 11.2 Å². The van der Waals surface area contributed by atoms with Gasteiger partial charge in [-0.25, -0.2) is 0 Å². The molecule has 0 aliphatic carbocycles. The van der Waals surface area contributed by atoms with E-state index in [1.54, 1.807) is 0 Å². The Morgan fingerprint density at radius 2 is 1.81 bits per heavy atom. The molecule has 2 heterocycles. The van der Waals surface area contributed by atoms with E-state index < -0.39 is 0 Å². The highest BCUT2D eigenvalue weighted by atomic mass is 16.7. The summed E-state index contributed by atoms with van der Waals surface area (Å²) in [6.45, 7) is 8.20. The zero-order valence-electron chi connectivity index (χ0n) is 10.3. The number of hydrogen-bond donors (Lipinski definition) is 1. The summed E-state index contributed by atoms with van der Waals surface area (Å²) < 4.78 is 11.7. The first-order valence-corrected chi connectivity index (χ1v) is 5.58. The third-order valence-electron chi connectivity index (χ3n) is 3.33. The average molecular weight is 219 g/mol. The van der Waals surface area contributed by atoms with Crippen LogP contribution in [-0.2, 0) is 9.31 Å². The van der Waals surface area contributed by atoms with Crippen LogP contribution >= 0.6 is 0 Å². The van der Waals surface area contributed by atoms with Crippen molar-refractivity contribution in [3.63, 3.8) is 0 Å². The minimum absolute atomic E-state index is 0.266. The second-order valence-corrected chi connectivity index (χ2v) is 5.11. The average Bonchev–Trinajstić information content (AvgIpc) is 2.70. The van der Waals surface area contributed by atoms with Gasteiger partial charge in [-0.2, -0.15) is 0 Å². The Kier molecular flexibility index (Phi) is 2.72. The molecule has 1 aliphatic heterocycles. The number of H-pyrrole nitrogens is 1. The van der Waals surface area contributed by atoms with Gasteiger partial charge in [-0.1, -0.05) is 5.98 Å². The number of nitrogens with one attached hydrogen (secondary N) is 1. The van der Waals surface area contributed by atoms with Gasteiger partial charge in [0.15, 0.2) is 0 Å². The summed E-state index contributed by atoms with van der Waals surface area (Å²) >= 11 is 0. The SMILES string of the molecule is CC1(C)OB(/C=C/c2ccc[nH]2)OC1(C)C. The van der Waals surface area contributed by atoms with E-state index in [1.807, 2.05) is 30.4 Å². The second-order valence-electron chi connectivity index (χ2n) is 5.11. The Bertz CT molecular complexity index is 366. The minimum Gasteiger partial charge on any atom is -0.400 e. The third-order valence-corrected chi connectivity index (χ3v) is 3.33. The molecule has 0 amide bonds. The number of aromatic nitrogens is 1. The van der Waals surface area contributed by atoms with E-state index in [4.69, 9.17) is 9.31 Å².